The first-order chi connectivity index (χ1) is 17.5. The quantitative estimate of drug-likeness (QED) is 0.268. The van der Waals surface area contributed by atoms with Gasteiger partial charge in [0.05, 0.1) is 28.1 Å². The van der Waals surface area contributed by atoms with Crippen LogP contribution < -0.4 is 5.56 Å². The Hall–Kier alpha value is -4.02. The Morgan fingerprint density at radius 2 is 1.62 bits per heavy atom. The van der Waals surface area contributed by atoms with Gasteiger partial charge in [0, 0.05) is 12.3 Å². The van der Waals surface area contributed by atoms with Crippen molar-refractivity contribution in [3.05, 3.63) is 76.2 Å². The Morgan fingerprint density at radius 3 is 2.16 bits per heavy atom. The van der Waals surface area contributed by atoms with Crippen LogP contribution in [0.2, 0.25) is 0 Å². The first-order valence-electron chi connectivity index (χ1n) is 11.5. The van der Waals surface area contributed by atoms with Gasteiger partial charge in [-0.25, -0.2) is 13.8 Å². The fourth-order valence-electron chi connectivity index (χ4n) is 4.21. The summed E-state index contributed by atoms with van der Waals surface area (Å²) < 4.78 is 67.7. The maximum atomic E-state index is 14.6. The molecule has 0 unspecified atom stereocenters. The third-order valence-electron chi connectivity index (χ3n) is 6.16. The molecule has 3 N–H and O–H groups in total. The Labute approximate surface area is 207 Å². The van der Waals surface area contributed by atoms with E-state index < -0.39 is 34.9 Å². The molecule has 0 spiro atoms. The number of rotatable bonds is 3. The van der Waals surface area contributed by atoms with E-state index >= 15 is 0 Å². The molecular formula is C26H22F5N3O3. The maximum absolute atomic E-state index is 14.6. The predicted octanol–water partition coefficient (Wildman–Crippen LogP) is 6.53. The van der Waals surface area contributed by atoms with E-state index in [-0.39, 0.29) is 33.9 Å². The number of aromatic nitrogens is 3. The number of hydrogen-bond acceptors (Lipinski definition) is 3. The number of pyridine rings is 1. The van der Waals surface area contributed by atoms with Gasteiger partial charge >= 0.3 is 12.1 Å². The van der Waals surface area contributed by atoms with Gasteiger partial charge in [-0.2, -0.15) is 13.2 Å². The largest absolute Gasteiger partial charge is 0.481 e. The van der Waals surface area contributed by atoms with Gasteiger partial charge in [0.1, 0.15) is 17.5 Å². The van der Waals surface area contributed by atoms with E-state index in [1.165, 1.54) is 24.8 Å². The van der Waals surface area contributed by atoms with Crippen molar-refractivity contribution in [2.75, 3.05) is 0 Å². The van der Waals surface area contributed by atoms with Crippen LogP contribution >= 0.6 is 0 Å². The molecule has 1 saturated carbocycles. The van der Waals surface area contributed by atoms with E-state index in [2.05, 4.69) is 15.0 Å². The molecule has 4 aromatic rings. The molecule has 2 aromatic heterocycles. The first-order valence-corrected chi connectivity index (χ1v) is 11.5. The lowest BCUT2D eigenvalue weighted by Gasteiger charge is -2.16. The topological polar surface area (TPSA) is 98.8 Å². The molecule has 0 atom stereocenters. The fourth-order valence-corrected chi connectivity index (χ4v) is 4.21. The minimum absolute atomic E-state index is 0.00772. The molecule has 37 heavy (non-hydrogen) atoms. The molecular weight excluding hydrogens is 497 g/mol. The zero-order valence-corrected chi connectivity index (χ0v) is 19.3. The van der Waals surface area contributed by atoms with Crippen molar-refractivity contribution in [3.63, 3.8) is 0 Å². The number of carboxylic acid groups (broad SMARTS) is 1. The van der Waals surface area contributed by atoms with Crippen LogP contribution in [0.3, 0.4) is 0 Å². The van der Waals surface area contributed by atoms with Crippen molar-refractivity contribution in [3.8, 4) is 22.5 Å². The van der Waals surface area contributed by atoms with Gasteiger partial charge in [-0.1, -0.05) is 19.3 Å². The number of aromatic amines is 2. The summed E-state index contributed by atoms with van der Waals surface area (Å²) in [4.78, 5) is 30.4. The van der Waals surface area contributed by atoms with E-state index in [0.29, 0.717) is 5.56 Å². The summed E-state index contributed by atoms with van der Waals surface area (Å²) in [5.41, 5.74) is -1.02. The van der Waals surface area contributed by atoms with Gasteiger partial charge in [0.15, 0.2) is 0 Å². The monoisotopic (exact) mass is 519 g/mol. The number of aliphatic carboxylic acids is 1. The van der Waals surface area contributed by atoms with E-state index in [0.717, 1.165) is 56.0 Å². The molecule has 0 bridgehead atoms. The molecule has 0 saturated heterocycles. The highest BCUT2D eigenvalue weighted by atomic mass is 19.4. The number of alkyl halides is 3. The number of carbonyl (C=O) groups is 1. The minimum atomic E-state index is -4.55. The molecule has 11 heteroatoms. The second-order valence-electron chi connectivity index (χ2n) is 8.74. The van der Waals surface area contributed by atoms with Gasteiger partial charge in [-0.15, -0.1) is 0 Å². The van der Waals surface area contributed by atoms with Crippen molar-refractivity contribution in [2.24, 2.45) is 5.92 Å². The molecule has 0 aliphatic heterocycles. The van der Waals surface area contributed by atoms with Crippen LogP contribution in [0.5, 0.6) is 0 Å². The van der Waals surface area contributed by atoms with E-state index in [1.807, 2.05) is 0 Å². The molecule has 5 rings (SSSR count). The number of halogens is 5. The van der Waals surface area contributed by atoms with Gasteiger partial charge < -0.3 is 15.1 Å². The van der Waals surface area contributed by atoms with Crippen molar-refractivity contribution >= 4 is 17.0 Å². The molecule has 6 nitrogen and oxygen atoms in total. The van der Waals surface area contributed by atoms with Crippen LogP contribution in [-0.4, -0.2) is 26.0 Å². The van der Waals surface area contributed by atoms with Crippen LogP contribution in [0.1, 0.15) is 37.7 Å². The number of H-pyrrole nitrogens is 2. The minimum Gasteiger partial charge on any atom is -0.481 e. The van der Waals surface area contributed by atoms with E-state index in [4.69, 9.17) is 5.11 Å². The van der Waals surface area contributed by atoms with Crippen molar-refractivity contribution in [1.29, 1.82) is 0 Å². The third-order valence-corrected chi connectivity index (χ3v) is 6.16. The van der Waals surface area contributed by atoms with Crippen LogP contribution in [0.15, 0.2) is 53.5 Å². The van der Waals surface area contributed by atoms with Crippen molar-refractivity contribution in [1.82, 2.24) is 15.0 Å². The highest BCUT2D eigenvalue weighted by molar-refractivity contribution is 5.81. The normalized spacial score (nSPS) is 14.3. The zero-order chi connectivity index (χ0) is 26.7. The Kier molecular flexibility index (Phi) is 7.42. The van der Waals surface area contributed by atoms with Crippen molar-refractivity contribution in [2.45, 2.75) is 38.3 Å². The number of hydrogen-bond donors (Lipinski definition) is 3. The standard InChI is InChI=1S/C19H10F5N3O.C7H12O2/c20-12-5-10(9-1-4-16(28)25-8-9)6-13(21)17(12)18-26-14-3-2-11(19(22,23)24)7-15(14)27-18;8-7(9)6-4-2-1-3-5-6/h1-8H,(H,25,28)(H,26,27);6H,1-5H2,(H,8,9). The summed E-state index contributed by atoms with van der Waals surface area (Å²) in [6.45, 7) is 0. The zero-order valence-electron chi connectivity index (χ0n) is 19.3. The third kappa shape index (κ3) is 6.04. The molecule has 1 aliphatic carbocycles. The summed E-state index contributed by atoms with van der Waals surface area (Å²) >= 11 is 0. The number of nitrogens with one attached hydrogen (secondary N) is 2. The van der Waals surface area contributed by atoms with Crippen molar-refractivity contribution < 1.29 is 31.9 Å². The average Bonchev–Trinajstić information content (AvgIpc) is 3.27. The van der Waals surface area contributed by atoms with Crippen LogP contribution in [-0.2, 0) is 11.0 Å². The van der Waals surface area contributed by atoms with E-state index in [1.54, 1.807) is 0 Å². The molecule has 2 aromatic carbocycles. The SMILES string of the molecule is O=C(O)C1CCCCC1.O=c1ccc(-c2cc(F)c(-c3nc4ccc(C(F)(F)F)cc4[nH]3)c(F)c2)c[nH]1. The van der Waals surface area contributed by atoms with Gasteiger partial charge in [0.25, 0.3) is 0 Å². The number of imidazole rings is 1. The van der Waals surface area contributed by atoms with Gasteiger partial charge in [-0.3, -0.25) is 9.59 Å². The summed E-state index contributed by atoms with van der Waals surface area (Å²) in [5, 5.41) is 8.54. The Bertz CT molecular complexity index is 1440. The van der Waals surface area contributed by atoms with Crippen LogP contribution in [0.25, 0.3) is 33.5 Å². The van der Waals surface area contributed by atoms with Gasteiger partial charge in [0.2, 0.25) is 5.56 Å². The summed E-state index contributed by atoms with van der Waals surface area (Å²) in [6, 6.07) is 7.54. The smallest absolute Gasteiger partial charge is 0.416 e. The molecule has 2 heterocycles. The molecule has 0 radical (unpaired) electrons. The van der Waals surface area contributed by atoms with Gasteiger partial charge in [-0.05, 0) is 60.4 Å². The fraction of sp³-hybridized carbons (Fsp3) is 0.269. The number of fused-ring (bicyclic) bond motifs is 1. The number of benzene rings is 2. The highest BCUT2D eigenvalue weighted by Gasteiger charge is 2.31. The summed E-state index contributed by atoms with van der Waals surface area (Å²) in [6.07, 6.45) is 2.01. The molecule has 194 valence electrons. The first kappa shape index (κ1) is 26.1. The lowest BCUT2D eigenvalue weighted by atomic mass is 9.90. The van der Waals surface area contributed by atoms with Crippen LogP contribution in [0, 0.1) is 17.6 Å². The number of nitrogens with zero attached hydrogens (tertiary/aromatic N) is 1. The lowest BCUT2D eigenvalue weighted by molar-refractivity contribution is -0.142. The number of carboxylic acids is 1. The Morgan fingerprint density at radius 1 is 0.946 bits per heavy atom. The maximum Gasteiger partial charge on any atom is 0.416 e. The van der Waals surface area contributed by atoms with E-state index in [9.17, 15) is 31.5 Å². The second-order valence-corrected chi connectivity index (χ2v) is 8.74. The van der Waals surface area contributed by atoms with Crippen LogP contribution in [0.4, 0.5) is 22.0 Å². The molecule has 0 amide bonds. The second kappa shape index (κ2) is 10.5. The summed E-state index contributed by atoms with van der Waals surface area (Å²) in [5.74, 6) is -2.75. The summed E-state index contributed by atoms with van der Waals surface area (Å²) in [7, 11) is 0. The highest BCUT2D eigenvalue weighted by Crippen LogP contribution is 2.33. The Balaban J connectivity index is 0.000000301. The molecule has 1 aliphatic rings. The molecule has 1 fully saturated rings. The predicted molar refractivity (Wildman–Crippen MR) is 127 cm³/mol. The average molecular weight is 519 g/mol. The lowest BCUT2D eigenvalue weighted by Crippen LogP contribution is -2.16.